The summed E-state index contributed by atoms with van der Waals surface area (Å²) in [6, 6.07) is 4.59. The summed E-state index contributed by atoms with van der Waals surface area (Å²) in [4.78, 5) is 15.9. The van der Waals surface area contributed by atoms with Gasteiger partial charge in [0.25, 0.3) is 0 Å². The zero-order chi connectivity index (χ0) is 20.5. The smallest absolute Gasteiger partial charge is 0.414 e. The first-order valence-electron chi connectivity index (χ1n) is 8.87. The third kappa shape index (κ3) is 4.70. The van der Waals surface area contributed by atoms with Crippen molar-refractivity contribution in [1.82, 2.24) is 9.62 Å². The van der Waals surface area contributed by atoms with Gasteiger partial charge < -0.3 is 15.0 Å². The number of nitrogens with zero attached hydrogens (tertiary/aromatic N) is 3. The van der Waals surface area contributed by atoms with E-state index < -0.39 is 21.9 Å². The van der Waals surface area contributed by atoms with Crippen molar-refractivity contribution in [2.45, 2.75) is 13.0 Å². The highest BCUT2D eigenvalue weighted by Gasteiger charge is 2.33. The lowest BCUT2D eigenvalue weighted by molar-refractivity contribution is 0.143. The van der Waals surface area contributed by atoms with Crippen LogP contribution >= 0.6 is 12.2 Å². The van der Waals surface area contributed by atoms with E-state index in [0.29, 0.717) is 55.6 Å². The minimum Gasteiger partial charge on any atom is -0.442 e. The average molecular weight is 431 g/mol. The molecule has 2 heterocycles. The topological polar surface area (TPSA) is 82.2 Å². The van der Waals surface area contributed by atoms with Crippen molar-refractivity contribution in [1.29, 1.82) is 0 Å². The van der Waals surface area contributed by atoms with E-state index in [2.05, 4.69) is 5.32 Å². The number of sulfonamides is 1. The van der Waals surface area contributed by atoms with Crippen LogP contribution in [0.2, 0.25) is 0 Å². The van der Waals surface area contributed by atoms with Crippen molar-refractivity contribution >= 4 is 44.7 Å². The van der Waals surface area contributed by atoms with Crippen molar-refractivity contribution in [2.75, 3.05) is 55.3 Å². The predicted molar refractivity (Wildman–Crippen MR) is 109 cm³/mol. The normalized spacial score (nSPS) is 21.0. The van der Waals surface area contributed by atoms with E-state index in [4.69, 9.17) is 17.0 Å². The maximum atomic E-state index is 14.7. The van der Waals surface area contributed by atoms with E-state index in [0.717, 1.165) is 0 Å². The van der Waals surface area contributed by atoms with Gasteiger partial charge >= 0.3 is 6.09 Å². The predicted octanol–water partition coefficient (Wildman–Crippen LogP) is 1.17. The first kappa shape index (κ1) is 20.7. The van der Waals surface area contributed by atoms with Gasteiger partial charge in [0, 0.05) is 26.2 Å². The van der Waals surface area contributed by atoms with E-state index in [1.807, 2.05) is 0 Å². The Morgan fingerprint density at radius 3 is 2.57 bits per heavy atom. The molecule has 0 radical (unpaired) electrons. The van der Waals surface area contributed by atoms with Crippen molar-refractivity contribution in [3.63, 3.8) is 0 Å². The molecule has 1 amide bonds. The summed E-state index contributed by atoms with van der Waals surface area (Å²) in [6.45, 7) is 3.88. The number of amides is 1. The molecule has 28 heavy (non-hydrogen) atoms. The van der Waals surface area contributed by atoms with E-state index >= 15 is 0 Å². The molecule has 0 spiro atoms. The van der Waals surface area contributed by atoms with Crippen LogP contribution in [0, 0.1) is 5.82 Å². The molecule has 2 saturated heterocycles. The molecule has 2 fully saturated rings. The van der Waals surface area contributed by atoms with Gasteiger partial charge in [0.15, 0.2) is 0 Å². The molecule has 2 aliphatic heterocycles. The fourth-order valence-electron chi connectivity index (χ4n) is 3.28. The number of thiocarbonyl (C=S) groups is 1. The SMILES string of the molecule is CC(=S)NC[C@H]1CN(c2ccc(N3CCN(S(C)(=O)=O)CC3)c(F)c2)C(=O)O1. The standard InChI is InChI=1S/C17H23FN4O4S2/c1-12(27)19-10-14-11-22(17(23)26-14)13-3-4-16(15(18)9-13)20-5-7-21(8-6-20)28(2,24)25/h3-4,9,14H,5-8,10-11H2,1-2H3,(H,19,27)/t14-/m0/s1. The van der Waals surface area contributed by atoms with Crippen LogP contribution in [0.5, 0.6) is 0 Å². The molecule has 8 nitrogen and oxygen atoms in total. The number of halogens is 1. The summed E-state index contributed by atoms with van der Waals surface area (Å²) >= 11 is 4.95. The molecule has 154 valence electrons. The summed E-state index contributed by atoms with van der Waals surface area (Å²) in [5.74, 6) is -0.464. The van der Waals surface area contributed by atoms with Crippen molar-refractivity contribution in [3.05, 3.63) is 24.0 Å². The zero-order valence-corrected chi connectivity index (χ0v) is 17.4. The summed E-state index contributed by atoms with van der Waals surface area (Å²) in [7, 11) is -3.24. The first-order valence-corrected chi connectivity index (χ1v) is 11.1. The lowest BCUT2D eigenvalue weighted by Crippen LogP contribution is -2.48. The minimum absolute atomic E-state index is 0.306. The molecule has 0 aliphatic carbocycles. The first-order chi connectivity index (χ1) is 13.1. The molecule has 3 rings (SSSR count). The van der Waals surface area contributed by atoms with Crippen LogP contribution in [0.4, 0.5) is 20.6 Å². The zero-order valence-electron chi connectivity index (χ0n) is 15.7. The molecule has 0 saturated carbocycles. The molecular weight excluding hydrogens is 407 g/mol. The number of hydrogen-bond donors (Lipinski definition) is 1. The summed E-state index contributed by atoms with van der Waals surface area (Å²) in [5.41, 5.74) is 0.807. The fourth-order valence-corrected chi connectivity index (χ4v) is 4.19. The number of carbonyl (C=O) groups excluding carboxylic acids is 1. The average Bonchev–Trinajstić information content (AvgIpc) is 3.00. The van der Waals surface area contributed by atoms with Gasteiger partial charge in [-0.1, -0.05) is 12.2 Å². The van der Waals surface area contributed by atoms with Crippen molar-refractivity contribution in [2.24, 2.45) is 0 Å². The van der Waals surface area contributed by atoms with Gasteiger partial charge in [-0.3, -0.25) is 4.90 Å². The van der Waals surface area contributed by atoms with Crippen LogP contribution in [0.1, 0.15) is 6.92 Å². The van der Waals surface area contributed by atoms with Crippen LogP contribution < -0.4 is 15.1 Å². The number of nitrogens with one attached hydrogen (secondary N) is 1. The molecular formula is C17H23FN4O4S2. The highest BCUT2D eigenvalue weighted by atomic mass is 32.2. The number of benzene rings is 1. The maximum absolute atomic E-state index is 14.7. The number of cyclic esters (lactones) is 1. The molecule has 1 aromatic carbocycles. The van der Waals surface area contributed by atoms with Gasteiger partial charge in [-0.2, -0.15) is 4.31 Å². The lowest BCUT2D eigenvalue weighted by atomic mass is 10.2. The molecule has 1 atom stereocenters. The van der Waals surface area contributed by atoms with E-state index in [-0.39, 0.29) is 6.10 Å². The number of anilines is 2. The summed E-state index contributed by atoms with van der Waals surface area (Å²) in [5, 5.41) is 2.96. The number of carbonyl (C=O) groups is 1. The Bertz CT molecular complexity index is 872. The van der Waals surface area contributed by atoms with Gasteiger partial charge in [0.05, 0.1) is 35.7 Å². The number of piperazine rings is 1. The maximum Gasteiger partial charge on any atom is 0.414 e. The molecule has 0 unspecified atom stereocenters. The Morgan fingerprint density at radius 2 is 2.00 bits per heavy atom. The van der Waals surface area contributed by atoms with Gasteiger partial charge in [-0.25, -0.2) is 17.6 Å². The molecule has 2 aliphatic rings. The van der Waals surface area contributed by atoms with Crippen LogP contribution in [-0.4, -0.2) is 75.4 Å². The molecule has 0 aromatic heterocycles. The van der Waals surface area contributed by atoms with Crippen molar-refractivity contribution < 1.29 is 22.3 Å². The lowest BCUT2D eigenvalue weighted by Gasteiger charge is -2.35. The Labute approximate surface area is 169 Å². The largest absolute Gasteiger partial charge is 0.442 e. The van der Waals surface area contributed by atoms with Gasteiger partial charge in [0.1, 0.15) is 11.9 Å². The summed E-state index contributed by atoms with van der Waals surface area (Å²) < 4.78 is 44.6. The Morgan fingerprint density at radius 1 is 1.32 bits per heavy atom. The second kappa shape index (κ2) is 8.18. The monoisotopic (exact) mass is 430 g/mol. The van der Waals surface area contributed by atoms with Gasteiger partial charge in [-0.05, 0) is 25.1 Å². The molecule has 11 heteroatoms. The van der Waals surface area contributed by atoms with Crippen LogP contribution in [-0.2, 0) is 14.8 Å². The van der Waals surface area contributed by atoms with E-state index in [9.17, 15) is 17.6 Å². The second-order valence-electron chi connectivity index (χ2n) is 6.84. The van der Waals surface area contributed by atoms with Crippen LogP contribution in [0.3, 0.4) is 0 Å². The molecule has 1 N–H and O–H groups in total. The van der Waals surface area contributed by atoms with Gasteiger partial charge in [-0.15, -0.1) is 0 Å². The fraction of sp³-hybridized carbons (Fsp3) is 0.529. The number of hydrogen-bond acceptors (Lipinski definition) is 6. The van der Waals surface area contributed by atoms with Crippen LogP contribution in [0.25, 0.3) is 0 Å². The Kier molecular flexibility index (Phi) is 6.06. The number of rotatable bonds is 5. The van der Waals surface area contributed by atoms with Crippen LogP contribution in [0.15, 0.2) is 18.2 Å². The van der Waals surface area contributed by atoms with Crippen molar-refractivity contribution in [3.8, 4) is 0 Å². The van der Waals surface area contributed by atoms with E-state index in [1.165, 1.54) is 21.5 Å². The van der Waals surface area contributed by atoms with Gasteiger partial charge in [0.2, 0.25) is 10.0 Å². The molecule has 1 aromatic rings. The third-order valence-corrected chi connectivity index (χ3v) is 6.19. The quantitative estimate of drug-likeness (QED) is 0.702. The highest BCUT2D eigenvalue weighted by Crippen LogP contribution is 2.28. The summed E-state index contributed by atoms with van der Waals surface area (Å²) in [6.07, 6.45) is 0.282. The Hall–Kier alpha value is -1.98. The third-order valence-electron chi connectivity index (χ3n) is 4.74. The molecule has 0 bridgehead atoms. The number of ether oxygens (including phenoxy) is 1. The minimum atomic E-state index is -3.24. The Balaban J connectivity index is 1.66. The highest BCUT2D eigenvalue weighted by molar-refractivity contribution is 7.88. The van der Waals surface area contributed by atoms with E-state index in [1.54, 1.807) is 24.0 Å². The second-order valence-corrected chi connectivity index (χ2v) is 9.43.